The first-order valence-electron chi connectivity index (χ1n) is 6.60. The summed E-state index contributed by atoms with van der Waals surface area (Å²) in [5.41, 5.74) is 0.704. The Balaban J connectivity index is 1.91. The van der Waals surface area contributed by atoms with Gasteiger partial charge in [-0.1, -0.05) is 6.07 Å². The Morgan fingerprint density at radius 3 is 2.35 bits per heavy atom. The number of hydrogen-bond donors (Lipinski definition) is 0. The quantitative estimate of drug-likeness (QED) is 0.783. The monoisotopic (exact) mass is 272 g/mol. The van der Waals surface area contributed by atoms with Crippen molar-refractivity contribution in [3.05, 3.63) is 30.8 Å². The molecule has 0 saturated carbocycles. The highest BCUT2D eigenvalue weighted by atomic mass is 16.7. The second-order valence-electron chi connectivity index (χ2n) is 5.90. The Kier molecular flexibility index (Phi) is 2.95. The summed E-state index contributed by atoms with van der Waals surface area (Å²) in [6.07, 6.45) is 3.02. The Hall–Kier alpha value is -1.66. The molecule has 0 N–H and O–H groups in total. The van der Waals surface area contributed by atoms with Gasteiger partial charge in [0.2, 0.25) is 0 Å². The minimum absolute atomic E-state index is 0.373. The number of oxazole rings is 1. The Labute approximate surface area is 118 Å². The molecule has 0 amide bonds. The molecule has 5 nitrogen and oxygen atoms in total. The van der Waals surface area contributed by atoms with Crippen LogP contribution in [0.4, 0.5) is 0 Å². The molecule has 3 heterocycles. The summed E-state index contributed by atoms with van der Waals surface area (Å²) in [7, 11) is -0.470. The van der Waals surface area contributed by atoms with Crippen molar-refractivity contribution in [2.45, 2.75) is 38.9 Å². The van der Waals surface area contributed by atoms with Crippen molar-refractivity contribution in [3.63, 3.8) is 0 Å². The number of rotatable bonds is 2. The molecule has 20 heavy (non-hydrogen) atoms. The van der Waals surface area contributed by atoms with Gasteiger partial charge in [0, 0.05) is 0 Å². The van der Waals surface area contributed by atoms with E-state index in [4.69, 9.17) is 13.7 Å². The average Bonchev–Trinajstić information content (AvgIpc) is 2.97. The van der Waals surface area contributed by atoms with E-state index in [1.165, 1.54) is 6.39 Å². The second kappa shape index (κ2) is 4.43. The fourth-order valence-corrected chi connectivity index (χ4v) is 2.03. The lowest BCUT2D eigenvalue weighted by Gasteiger charge is -2.32. The van der Waals surface area contributed by atoms with Gasteiger partial charge in [0.15, 0.2) is 12.2 Å². The van der Waals surface area contributed by atoms with Crippen LogP contribution in [0.5, 0.6) is 0 Å². The number of hydrogen-bond acceptors (Lipinski definition) is 5. The van der Waals surface area contributed by atoms with Crippen LogP contribution in [-0.4, -0.2) is 28.3 Å². The summed E-state index contributed by atoms with van der Waals surface area (Å²) in [4.78, 5) is 8.45. The van der Waals surface area contributed by atoms with Crippen molar-refractivity contribution >= 4 is 12.7 Å². The zero-order chi connectivity index (χ0) is 14.4. The zero-order valence-electron chi connectivity index (χ0n) is 12.1. The summed E-state index contributed by atoms with van der Waals surface area (Å²) in [6.45, 7) is 8.08. The van der Waals surface area contributed by atoms with Crippen molar-refractivity contribution in [2.75, 3.05) is 0 Å². The van der Waals surface area contributed by atoms with Gasteiger partial charge in [0.25, 0.3) is 0 Å². The lowest BCUT2D eigenvalue weighted by atomic mass is 9.84. The van der Waals surface area contributed by atoms with E-state index in [0.717, 1.165) is 11.3 Å². The Bertz CT molecular complexity index is 595. The highest BCUT2D eigenvalue weighted by molar-refractivity contribution is 6.61. The maximum absolute atomic E-state index is 5.99. The SMILES string of the molecule is CC1(C)OB(c2cccc(-c3cnco3)n2)OC1(C)C. The summed E-state index contributed by atoms with van der Waals surface area (Å²) >= 11 is 0. The van der Waals surface area contributed by atoms with E-state index in [-0.39, 0.29) is 11.2 Å². The van der Waals surface area contributed by atoms with Gasteiger partial charge < -0.3 is 13.7 Å². The lowest BCUT2D eigenvalue weighted by molar-refractivity contribution is 0.00578. The van der Waals surface area contributed by atoms with Crippen LogP contribution in [0.25, 0.3) is 11.5 Å². The first kappa shape index (κ1) is 13.3. The van der Waals surface area contributed by atoms with Crippen molar-refractivity contribution in [1.29, 1.82) is 0 Å². The molecule has 0 unspecified atom stereocenters. The summed E-state index contributed by atoms with van der Waals surface area (Å²) in [5.74, 6) is 0.628. The smallest absolute Gasteiger partial charge is 0.442 e. The molecule has 0 atom stereocenters. The predicted octanol–water partition coefficient (Wildman–Crippen LogP) is 2.04. The highest BCUT2D eigenvalue weighted by Gasteiger charge is 2.52. The standard InChI is InChI=1S/C14H17BN2O3/c1-13(2)14(3,4)20-15(19-13)12-7-5-6-10(17-12)11-8-16-9-18-11/h5-9H,1-4H3. The topological polar surface area (TPSA) is 57.4 Å². The first-order chi connectivity index (χ1) is 9.39. The lowest BCUT2D eigenvalue weighted by Crippen LogP contribution is -2.41. The van der Waals surface area contributed by atoms with Crippen LogP contribution in [0.2, 0.25) is 0 Å². The highest BCUT2D eigenvalue weighted by Crippen LogP contribution is 2.36. The second-order valence-corrected chi connectivity index (χ2v) is 5.90. The van der Waals surface area contributed by atoms with Gasteiger partial charge in [-0.05, 0) is 39.8 Å². The van der Waals surface area contributed by atoms with Crippen molar-refractivity contribution in [3.8, 4) is 11.5 Å². The number of aromatic nitrogens is 2. The molecule has 2 aromatic rings. The molecule has 104 valence electrons. The maximum Gasteiger partial charge on any atom is 0.514 e. The Morgan fingerprint density at radius 1 is 1.05 bits per heavy atom. The zero-order valence-corrected chi connectivity index (χ0v) is 12.1. The van der Waals surface area contributed by atoms with Gasteiger partial charge in [-0.2, -0.15) is 0 Å². The van der Waals surface area contributed by atoms with Gasteiger partial charge >= 0.3 is 7.12 Å². The van der Waals surface area contributed by atoms with Gasteiger partial charge in [-0.25, -0.2) is 4.98 Å². The molecule has 0 aliphatic carbocycles. The molecule has 0 radical (unpaired) electrons. The van der Waals surface area contributed by atoms with E-state index in [1.54, 1.807) is 6.20 Å². The molecule has 1 saturated heterocycles. The van der Waals surface area contributed by atoms with Gasteiger partial charge in [-0.3, -0.25) is 4.98 Å². The molecular formula is C14H17BN2O3. The van der Waals surface area contributed by atoms with E-state index in [2.05, 4.69) is 9.97 Å². The van der Waals surface area contributed by atoms with Gasteiger partial charge in [0.1, 0.15) is 5.69 Å². The van der Waals surface area contributed by atoms with Crippen LogP contribution in [0.15, 0.2) is 35.2 Å². The molecule has 0 aromatic carbocycles. The average molecular weight is 272 g/mol. The molecule has 3 rings (SSSR count). The molecule has 2 aromatic heterocycles. The van der Waals surface area contributed by atoms with E-state index < -0.39 is 7.12 Å². The van der Waals surface area contributed by atoms with Crippen LogP contribution in [0.3, 0.4) is 0 Å². The van der Waals surface area contributed by atoms with E-state index in [9.17, 15) is 0 Å². The van der Waals surface area contributed by atoms with Crippen LogP contribution < -0.4 is 5.59 Å². The molecule has 0 spiro atoms. The van der Waals surface area contributed by atoms with Crippen molar-refractivity contribution in [1.82, 2.24) is 9.97 Å². The largest absolute Gasteiger partial charge is 0.514 e. The van der Waals surface area contributed by atoms with Crippen molar-refractivity contribution < 1.29 is 13.7 Å². The third kappa shape index (κ3) is 2.15. The third-order valence-electron chi connectivity index (χ3n) is 3.95. The predicted molar refractivity (Wildman–Crippen MR) is 75.5 cm³/mol. The minimum Gasteiger partial charge on any atom is -0.442 e. The summed E-state index contributed by atoms with van der Waals surface area (Å²) in [6, 6.07) is 5.67. The third-order valence-corrected chi connectivity index (χ3v) is 3.95. The Morgan fingerprint density at radius 2 is 1.75 bits per heavy atom. The van der Waals surface area contributed by atoms with Crippen LogP contribution in [-0.2, 0) is 9.31 Å². The fourth-order valence-electron chi connectivity index (χ4n) is 2.03. The van der Waals surface area contributed by atoms with E-state index in [1.807, 2.05) is 45.9 Å². The van der Waals surface area contributed by atoms with E-state index in [0.29, 0.717) is 5.76 Å². The molecule has 1 aliphatic rings. The summed E-state index contributed by atoms with van der Waals surface area (Å²) in [5, 5.41) is 0. The van der Waals surface area contributed by atoms with Gasteiger partial charge in [0.05, 0.1) is 23.0 Å². The number of pyridine rings is 1. The van der Waals surface area contributed by atoms with E-state index >= 15 is 0 Å². The normalized spacial score (nSPS) is 20.3. The number of nitrogens with zero attached hydrogens (tertiary/aromatic N) is 2. The fraction of sp³-hybridized carbons (Fsp3) is 0.429. The molecule has 1 fully saturated rings. The first-order valence-corrected chi connectivity index (χ1v) is 6.60. The summed E-state index contributed by atoms with van der Waals surface area (Å²) < 4.78 is 17.2. The molecule has 0 bridgehead atoms. The molecule has 6 heteroatoms. The maximum atomic E-state index is 5.99. The van der Waals surface area contributed by atoms with Crippen molar-refractivity contribution in [2.24, 2.45) is 0 Å². The molecular weight excluding hydrogens is 255 g/mol. The van der Waals surface area contributed by atoms with Crippen LogP contribution in [0.1, 0.15) is 27.7 Å². The minimum atomic E-state index is -0.470. The molecule has 1 aliphatic heterocycles. The van der Waals surface area contributed by atoms with Gasteiger partial charge in [-0.15, -0.1) is 0 Å². The van der Waals surface area contributed by atoms with Crippen LogP contribution >= 0.6 is 0 Å². The van der Waals surface area contributed by atoms with Crippen LogP contribution in [0, 0.1) is 0 Å².